The first kappa shape index (κ1) is 21.6. The number of ether oxygens (including phenoxy) is 1. The predicted octanol–water partition coefficient (Wildman–Crippen LogP) is -0.453. The SMILES string of the molecule is CCOC(CC(=O)O)(CC(=O)O)C(=O)O.OCCCCO. The van der Waals surface area contributed by atoms with Gasteiger partial charge in [0.25, 0.3) is 0 Å². The highest BCUT2D eigenvalue weighted by molar-refractivity contribution is 5.88. The van der Waals surface area contributed by atoms with Gasteiger partial charge in [-0.1, -0.05) is 0 Å². The molecule has 0 aromatic carbocycles. The quantitative estimate of drug-likeness (QED) is 0.336. The Kier molecular flexibility index (Phi) is 12.4. The molecular formula is C12H22O9. The van der Waals surface area contributed by atoms with E-state index in [0.717, 1.165) is 12.8 Å². The Morgan fingerprint density at radius 2 is 1.29 bits per heavy atom. The molecule has 124 valence electrons. The molecule has 0 rings (SSSR count). The van der Waals surface area contributed by atoms with E-state index in [-0.39, 0.29) is 19.8 Å². The lowest BCUT2D eigenvalue weighted by Gasteiger charge is -2.25. The molecule has 0 aromatic heterocycles. The third-order valence-corrected chi connectivity index (χ3v) is 2.25. The summed E-state index contributed by atoms with van der Waals surface area (Å²) in [6, 6.07) is 0. The van der Waals surface area contributed by atoms with Crippen molar-refractivity contribution in [2.75, 3.05) is 19.8 Å². The lowest BCUT2D eigenvalue weighted by atomic mass is 9.95. The molecule has 0 saturated carbocycles. The molecule has 0 amide bonds. The molecule has 0 unspecified atom stereocenters. The standard InChI is InChI=1S/C8H12O7.C4H10O2/c1-2-15-8(7(13)14,3-5(9)10)4-6(11)12;5-3-1-2-4-6/h2-4H2,1H3,(H,9,10)(H,11,12)(H,13,14);5-6H,1-4H2. The maximum atomic E-state index is 10.8. The maximum absolute atomic E-state index is 10.8. The van der Waals surface area contributed by atoms with Gasteiger partial charge in [0.2, 0.25) is 0 Å². The number of carboxylic acids is 3. The number of aliphatic hydroxyl groups excluding tert-OH is 2. The Hall–Kier alpha value is -1.71. The lowest BCUT2D eigenvalue weighted by Crippen LogP contribution is -2.45. The second kappa shape index (κ2) is 12.1. The summed E-state index contributed by atoms with van der Waals surface area (Å²) in [4.78, 5) is 31.7. The van der Waals surface area contributed by atoms with Gasteiger partial charge < -0.3 is 30.3 Å². The Labute approximate surface area is 121 Å². The minimum absolute atomic E-state index is 0.0765. The molecule has 0 fully saturated rings. The van der Waals surface area contributed by atoms with Crippen LogP contribution in [-0.2, 0) is 19.1 Å². The Balaban J connectivity index is 0. The first-order valence-corrected chi connectivity index (χ1v) is 6.28. The molecule has 21 heavy (non-hydrogen) atoms. The van der Waals surface area contributed by atoms with Crippen LogP contribution in [0.5, 0.6) is 0 Å². The van der Waals surface area contributed by atoms with Crippen LogP contribution in [0.25, 0.3) is 0 Å². The second-order valence-corrected chi connectivity index (χ2v) is 4.03. The minimum atomic E-state index is -2.19. The van der Waals surface area contributed by atoms with E-state index in [9.17, 15) is 14.4 Å². The summed E-state index contributed by atoms with van der Waals surface area (Å²) < 4.78 is 4.75. The van der Waals surface area contributed by atoms with Crippen molar-refractivity contribution in [3.05, 3.63) is 0 Å². The fourth-order valence-corrected chi connectivity index (χ4v) is 1.37. The van der Waals surface area contributed by atoms with Gasteiger partial charge >= 0.3 is 17.9 Å². The average Bonchev–Trinajstić information content (AvgIpc) is 2.35. The summed E-state index contributed by atoms with van der Waals surface area (Å²) in [5.41, 5.74) is -2.19. The summed E-state index contributed by atoms with van der Waals surface area (Å²) in [6.07, 6.45) is -0.335. The molecule has 9 heteroatoms. The molecule has 0 saturated heterocycles. The summed E-state index contributed by atoms with van der Waals surface area (Å²) >= 11 is 0. The molecule has 0 bridgehead atoms. The molecule has 0 radical (unpaired) electrons. The van der Waals surface area contributed by atoms with Crippen molar-refractivity contribution in [1.82, 2.24) is 0 Å². The van der Waals surface area contributed by atoms with Gasteiger partial charge in [-0.2, -0.15) is 0 Å². The molecule has 0 aromatic rings. The van der Waals surface area contributed by atoms with Gasteiger partial charge in [-0.15, -0.1) is 0 Å². The van der Waals surface area contributed by atoms with Crippen molar-refractivity contribution < 1.29 is 44.7 Å². The third kappa shape index (κ3) is 10.7. The van der Waals surface area contributed by atoms with Crippen LogP contribution in [0.3, 0.4) is 0 Å². The van der Waals surface area contributed by atoms with E-state index in [4.69, 9.17) is 30.3 Å². The van der Waals surface area contributed by atoms with E-state index in [0.29, 0.717) is 0 Å². The highest BCUT2D eigenvalue weighted by Crippen LogP contribution is 2.21. The number of carbonyl (C=O) groups is 3. The Morgan fingerprint density at radius 3 is 1.48 bits per heavy atom. The van der Waals surface area contributed by atoms with E-state index >= 15 is 0 Å². The molecule has 0 spiro atoms. The van der Waals surface area contributed by atoms with Crippen molar-refractivity contribution in [2.24, 2.45) is 0 Å². The topological polar surface area (TPSA) is 162 Å². The third-order valence-electron chi connectivity index (χ3n) is 2.25. The van der Waals surface area contributed by atoms with Crippen LogP contribution in [0.15, 0.2) is 0 Å². The maximum Gasteiger partial charge on any atom is 0.337 e. The molecule has 0 heterocycles. The van der Waals surface area contributed by atoms with Crippen LogP contribution in [0, 0.1) is 0 Å². The molecule has 0 atom stereocenters. The minimum Gasteiger partial charge on any atom is -0.481 e. The van der Waals surface area contributed by atoms with Crippen LogP contribution in [0.1, 0.15) is 32.6 Å². The molecule has 0 aliphatic heterocycles. The largest absolute Gasteiger partial charge is 0.481 e. The molecule has 9 nitrogen and oxygen atoms in total. The number of aliphatic hydroxyl groups is 2. The first-order chi connectivity index (χ1) is 9.75. The fraction of sp³-hybridized carbons (Fsp3) is 0.750. The van der Waals surface area contributed by atoms with Crippen molar-refractivity contribution in [3.63, 3.8) is 0 Å². The van der Waals surface area contributed by atoms with Gasteiger partial charge in [-0.05, 0) is 19.8 Å². The van der Waals surface area contributed by atoms with Crippen LogP contribution in [0.2, 0.25) is 0 Å². The Morgan fingerprint density at radius 1 is 0.905 bits per heavy atom. The van der Waals surface area contributed by atoms with Crippen LogP contribution in [0.4, 0.5) is 0 Å². The zero-order chi connectivity index (χ0) is 16.9. The molecule has 0 aliphatic rings. The van der Waals surface area contributed by atoms with Crippen molar-refractivity contribution >= 4 is 17.9 Å². The number of rotatable bonds is 10. The van der Waals surface area contributed by atoms with E-state index < -0.39 is 36.4 Å². The molecule has 0 aliphatic carbocycles. The second-order valence-electron chi connectivity index (χ2n) is 4.03. The Bertz CT molecular complexity index is 307. The number of carboxylic acid groups (broad SMARTS) is 3. The molecule has 5 N–H and O–H groups in total. The average molecular weight is 310 g/mol. The lowest BCUT2D eigenvalue weighted by molar-refractivity contribution is -0.177. The predicted molar refractivity (Wildman–Crippen MR) is 69.9 cm³/mol. The summed E-state index contributed by atoms with van der Waals surface area (Å²) in [6.45, 7) is 1.77. The summed E-state index contributed by atoms with van der Waals surface area (Å²) in [7, 11) is 0. The van der Waals surface area contributed by atoms with Gasteiger partial charge in [0, 0.05) is 19.8 Å². The zero-order valence-corrected chi connectivity index (χ0v) is 11.8. The van der Waals surface area contributed by atoms with E-state index in [1.165, 1.54) is 6.92 Å². The smallest absolute Gasteiger partial charge is 0.337 e. The summed E-state index contributed by atoms with van der Waals surface area (Å²) in [5.74, 6) is -4.44. The monoisotopic (exact) mass is 310 g/mol. The van der Waals surface area contributed by atoms with Crippen LogP contribution >= 0.6 is 0 Å². The van der Waals surface area contributed by atoms with Gasteiger partial charge in [0.05, 0.1) is 12.8 Å². The van der Waals surface area contributed by atoms with Crippen molar-refractivity contribution in [2.45, 2.75) is 38.2 Å². The number of unbranched alkanes of at least 4 members (excludes halogenated alkanes) is 1. The van der Waals surface area contributed by atoms with E-state index in [2.05, 4.69) is 0 Å². The van der Waals surface area contributed by atoms with Crippen LogP contribution < -0.4 is 0 Å². The number of hydrogen-bond donors (Lipinski definition) is 5. The summed E-state index contributed by atoms with van der Waals surface area (Å²) in [5, 5.41) is 42.0. The highest BCUT2D eigenvalue weighted by Gasteiger charge is 2.44. The van der Waals surface area contributed by atoms with Gasteiger partial charge in [0.15, 0.2) is 5.60 Å². The fourth-order valence-electron chi connectivity index (χ4n) is 1.37. The van der Waals surface area contributed by atoms with Crippen LogP contribution in [-0.4, -0.2) is 68.9 Å². The first-order valence-electron chi connectivity index (χ1n) is 6.28. The normalized spacial score (nSPS) is 10.4. The number of hydrogen-bond acceptors (Lipinski definition) is 6. The molecular weight excluding hydrogens is 288 g/mol. The van der Waals surface area contributed by atoms with Crippen molar-refractivity contribution in [1.29, 1.82) is 0 Å². The van der Waals surface area contributed by atoms with Gasteiger partial charge in [0.1, 0.15) is 0 Å². The van der Waals surface area contributed by atoms with Gasteiger partial charge in [-0.3, -0.25) is 9.59 Å². The zero-order valence-electron chi connectivity index (χ0n) is 11.8. The van der Waals surface area contributed by atoms with Gasteiger partial charge in [-0.25, -0.2) is 4.79 Å². The number of aliphatic carboxylic acids is 3. The highest BCUT2D eigenvalue weighted by atomic mass is 16.5. The van der Waals surface area contributed by atoms with Crippen molar-refractivity contribution in [3.8, 4) is 0 Å². The van der Waals surface area contributed by atoms with E-state index in [1.807, 2.05) is 0 Å². The van der Waals surface area contributed by atoms with E-state index in [1.54, 1.807) is 0 Å².